The number of hydrogen-bond acceptors (Lipinski definition) is 3. The molecule has 6 heteroatoms. The lowest BCUT2D eigenvalue weighted by Crippen LogP contribution is -2.64. The molecule has 1 fully saturated rings. The van der Waals surface area contributed by atoms with Crippen LogP contribution in [0.4, 0.5) is 0 Å². The van der Waals surface area contributed by atoms with E-state index in [1.165, 1.54) is 0 Å². The summed E-state index contributed by atoms with van der Waals surface area (Å²) >= 11 is 3.42. The number of rotatable bonds is 5. The Labute approximate surface area is 128 Å². The zero-order chi connectivity index (χ0) is 14.9. The molecule has 1 aromatic rings. The molecule has 2 rings (SSSR count). The molecule has 0 radical (unpaired) electrons. The zero-order valence-corrected chi connectivity index (χ0v) is 13.7. The minimum absolute atomic E-state index is 0.0265. The number of ether oxygens (including phenoxy) is 1. The highest BCUT2D eigenvalue weighted by Crippen LogP contribution is 2.24. The molecule has 1 amide bonds. The van der Waals surface area contributed by atoms with Gasteiger partial charge in [0, 0.05) is 29.4 Å². The van der Waals surface area contributed by atoms with Crippen LogP contribution < -0.4 is 11.1 Å². The summed E-state index contributed by atoms with van der Waals surface area (Å²) in [5.74, 6) is -0.103. The maximum atomic E-state index is 12.4. The van der Waals surface area contributed by atoms with E-state index in [4.69, 9.17) is 10.5 Å². The number of carbonyl (C=O) groups excluding carboxylic acids is 1. The largest absolute Gasteiger partial charge is 0.376 e. The van der Waals surface area contributed by atoms with Crippen molar-refractivity contribution in [3.05, 3.63) is 22.4 Å². The molecule has 5 nitrogen and oxygen atoms in total. The van der Waals surface area contributed by atoms with E-state index in [0.717, 1.165) is 10.9 Å². The summed E-state index contributed by atoms with van der Waals surface area (Å²) in [4.78, 5) is 12.4. The number of amides is 1. The Hall–Kier alpha value is -0.850. The Morgan fingerprint density at radius 3 is 2.90 bits per heavy atom. The van der Waals surface area contributed by atoms with Crippen molar-refractivity contribution in [3.8, 4) is 0 Å². The Kier molecular flexibility index (Phi) is 4.88. The van der Waals surface area contributed by atoms with Crippen molar-refractivity contribution < 1.29 is 9.53 Å². The highest BCUT2D eigenvalue weighted by Gasteiger charge is 2.40. The average molecular weight is 344 g/mol. The third-order valence-electron chi connectivity index (χ3n) is 3.65. The van der Waals surface area contributed by atoms with Crippen molar-refractivity contribution in [1.82, 2.24) is 9.88 Å². The molecule has 112 valence electrons. The van der Waals surface area contributed by atoms with Crippen molar-refractivity contribution in [3.63, 3.8) is 0 Å². The van der Waals surface area contributed by atoms with E-state index in [1.807, 2.05) is 37.6 Å². The van der Waals surface area contributed by atoms with Gasteiger partial charge in [0.2, 0.25) is 0 Å². The number of halogens is 1. The summed E-state index contributed by atoms with van der Waals surface area (Å²) in [6, 6.07) is 1.92. The quantitative estimate of drug-likeness (QED) is 0.859. The standard InChI is InChI=1S/C14H22BrN3O2/c1-4-20-12-6-10(16)13(12)17-14(19)11-5-9(15)7-18(11)8(2)3/h5,7-8,10,12-13H,4,6,16H2,1-3H3,(H,17,19). The molecule has 3 atom stereocenters. The van der Waals surface area contributed by atoms with Gasteiger partial charge in [-0.1, -0.05) is 0 Å². The Morgan fingerprint density at radius 2 is 2.35 bits per heavy atom. The van der Waals surface area contributed by atoms with Crippen molar-refractivity contribution in [2.45, 2.75) is 51.4 Å². The smallest absolute Gasteiger partial charge is 0.268 e. The van der Waals surface area contributed by atoms with E-state index in [1.54, 1.807) is 0 Å². The van der Waals surface area contributed by atoms with Crippen LogP contribution in [0.25, 0.3) is 0 Å². The number of hydrogen-bond donors (Lipinski definition) is 2. The number of nitrogens with one attached hydrogen (secondary N) is 1. The van der Waals surface area contributed by atoms with E-state index in [-0.39, 0.29) is 30.1 Å². The van der Waals surface area contributed by atoms with Crippen LogP contribution in [-0.2, 0) is 4.74 Å². The van der Waals surface area contributed by atoms with Crippen LogP contribution in [0.15, 0.2) is 16.7 Å². The Balaban J connectivity index is 2.08. The number of nitrogens with two attached hydrogens (primary N) is 1. The van der Waals surface area contributed by atoms with E-state index < -0.39 is 0 Å². The summed E-state index contributed by atoms with van der Waals surface area (Å²) in [7, 11) is 0. The molecule has 0 bridgehead atoms. The van der Waals surface area contributed by atoms with Gasteiger partial charge in [-0.15, -0.1) is 0 Å². The predicted octanol–water partition coefficient (Wildman–Crippen LogP) is 2.07. The second-order valence-electron chi connectivity index (χ2n) is 5.44. The second-order valence-corrected chi connectivity index (χ2v) is 6.35. The van der Waals surface area contributed by atoms with Crippen LogP contribution in [-0.4, -0.2) is 35.3 Å². The molecule has 0 aromatic carbocycles. The molecule has 0 saturated heterocycles. The molecule has 1 aliphatic rings. The number of aromatic nitrogens is 1. The summed E-state index contributed by atoms with van der Waals surface area (Å²) in [5, 5.41) is 3.00. The summed E-state index contributed by atoms with van der Waals surface area (Å²) < 4.78 is 8.41. The monoisotopic (exact) mass is 343 g/mol. The van der Waals surface area contributed by atoms with Crippen molar-refractivity contribution in [2.24, 2.45) is 5.73 Å². The fourth-order valence-corrected chi connectivity index (χ4v) is 2.94. The van der Waals surface area contributed by atoms with E-state index in [9.17, 15) is 4.79 Å². The molecular formula is C14H22BrN3O2. The highest BCUT2D eigenvalue weighted by molar-refractivity contribution is 9.10. The fraction of sp³-hybridized carbons (Fsp3) is 0.643. The van der Waals surface area contributed by atoms with Crippen LogP contribution >= 0.6 is 15.9 Å². The zero-order valence-electron chi connectivity index (χ0n) is 12.1. The Bertz CT molecular complexity index is 485. The first-order valence-electron chi connectivity index (χ1n) is 6.99. The maximum absolute atomic E-state index is 12.4. The predicted molar refractivity (Wildman–Crippen MR) is 81.8 cm³/mol. The van der Waals surface area contributed by atoms with Gasteiger partial charge in [-0.3, -0.25) is 4.79 Å². The molecule has 1 saturated carbocycles. The normalized spacial score (nSPS) is 25.6. The minimum atomic E-state index is -0.103. The van der Waals surface area contributed by atoms with Crippen LogP contribution in [0.1, 0.15) is 43.7 Å². The van der Waals surface area contributed by atoms with Crippen molar-refractivity contribution in [2.75, 3.05) is 6.61 Å². The average Bonchev–Trinajstić information content (AvgIpc) is 2.78. The SMILES string of the molecule is CCOC1CC(N)C1NC(=O)c1cc(Br)cn1C(C)C. The van der Waals surface area contributed by atoms with Gasteiger partial charge in [-0.05, 0) is 49.2 Å². The van der Waals surface area contributed by atoms with Gasteiger partial charge in [0.1, 0.15) is 5.69 Å². The van der Waals surface area contributed by atoms with Gasteiger partial charge in [-0.25, -0.2) is 0 Å². The van der Waals surface area contributed by atoms with E-state index in [2.05, 4.69) is 21.2 Å². The van der Waals surface area contributed by atoms with Gasteiger partial charge in [0.25, 0.3) is 5.91 Å². The van der Waals surface area contributed by atoms with Crippen molar-refractivity contribution >= 4 is 21.8 Å². The molecule has 1 aliphatic carbocycles. The summed E-state index contributed by atoms with van der Waals surface area (Å²) in [5.41, 5.74) is 6.60. The fourth-order valence-electron chi connectivity index (χ4n) is 2.51. The Morgan fingerprint density at radius 1 is 1.65 bits per heavy atom. The van der Waals surface area contributed by atoms with Gasteiger partial charge >= 0.3 is 0 Å². The lowest BCUT2D eigenvalue weighted by Gasteiger charge is -2.42. The first-order chi connectivity index (χ1) is 9.43. The first kappa shape index (κ1) is 15.5. The number of carbonyl (C=O) groups is 1. The molecule has 0 spiro atoms. The van der Waals surface area contributed by atoms with Crippen LogP contribution in [0.2, 0.25) is 0 Å². The maximum Gasteiger partial charge on any atom is 0.268 e. The molecule has 0 aliphatic heterocycles. The first-order valence-corrected chi connectivity index (χ1v) is 7.78. The van der Waals surface area contributed by atoms with E-state index in [0.29, 0.717) is 12.3 Å². The molecule has 1 heterocycles. The van der Waals surface area contributed by atoms with Gasteiger partial charge < -0.3 is 20.4 Å². The third kappa shape index (κ3) is 3.07. The third-order valence-corrected chi connectivity index (χ3v) is 4.08. The number of nitrogens with zero attached hydrogens (tertiary/aromatic N) is 1. The van der Waals surface area contributed by atoms with Gasteiger partial charge in [0.05, 0.1) is 12.1 Å². The lowest BCUT2D eigenvalue weighted by atomic mass is 9.83. The van der Waals surface area contributed by atoms with Crippen LogP contribution in [0.5, 0.6) is 0 Å². The second kappa shape index (κ2) is 6.28. The van der Waals surface area contributed by atoms with Gasteiger partial charge in [0.15, 0.2) is 0 Å². The highest BCUT2D eigenvalue weighted by atomic mass is 79.9. The van der Waals surface area contributed by atoms with Crippen molar-refractivity contribution in [1.29, 1.82) is 0 Å². The molecule has 20 heavy (non-hydrogen) atoms. The molecule has 3 N–H and O–H groups in total. The minimum Gasteiger partial charge on any atom is -0.376 e. The molecular weight excluding hydrogens is 322 g/mol. The topological polar surface area (TPSA) is 69.3 Å². The molecule has 1 aromatic heterocycles. The van der Waals surface area contributed by atoms with Gasteiger partial charge in [-0.2, -0.15) is 0 Å². The molecule has 3 unspecified atom stereocenters. The van der Waals surface area contributed by atoms with Crippen LogP contribution in [0.3, 0.4) is 0 Å². The summed E-state index contributed by atoms with van der Waals surface area (Å²) in [6.07, 6.45) is 2.75. The van der Waals surface area contributed by atoms with E-state index >= 15 is 0 Å². The summed E-state index contributed by atoms with van der Waals surface area (Å²) in [6.45, 7) is 6.67. The van der Waals surface area contributed by atoms with Crippen LogP contribution in [0, 0.1) is 0 Å². The lowest BCUT2D eigenvalue weighted by molar-refractivity contribution is -0.0301.